The lowest BCUT2D eigenvalue weighted by atomic mass is 9.90. The summed E-state index contributed by atoms with van der Waals surface area (Å²) < 4.78 is 8.81. The molecule has 2 nitrogen and oxygen atoms in total. The molecule has 0 aliphatic carbocycles. The van der Waals surface area contributed by atoms with E-state index in [1.165, 1.54) is 49.1 Å². The van der Waals surface area contributed by atoms with Crippen LogP contribution >= 0.6 is 0 Å². The summed E-state index contributed by atoms with van der Waals surface area (Å²) in [7, 11) is 0.776. The Morgan fingerprint density at radius 3 is 2.46 bits per heavy atom. The Morgan fingerprint density at radius 1 is 0.929 bits per heavy atom. The molecule has 0 bridgehead atoms. The van der Waals surface area contributed by atoms with E-state index in [9.17, 15) is 0 Å². The fourth-order valence-electron chi connectivity index (χ4n) is 4.45. The van der Waals surface area contributed by atoms with Crippen LogP contribution in [0.2, 0.25) is 19.6 Å². The fourth-order valence-corrected chi connectivity index (χ4v) is 5.62. The van der Waals surface area contributed by atoms with E-state index < -0.39 is 8.07 Å². The van der Waals surface area contributed by atoms with E-state index in [2.05, 4.69) is 93.8 Å². The lowest BCUT2D eigenvalue weighted by Gasteiger charge is -2.23. The maximum atomic E-state index is 6.55. The van der Waals surface area contributed by atoms with Crippen LogP contribution in [0, 0.1) is 13.8 Å². The molecule has 4 aromatic rings. The van der Waals surface area contributed by atoms with Gasteiger partial charge in [0.1, 0.15) is 12.8 Å². The van der Waals surface area contributed by atoms with Crippen molar-refractivity contribution in [2.24, 2.45) is 7.05 Å². The molecule has 2 heterocycles. The molecule has 0 spiro atoms. The van der Waals surface area contributed by atoms with E-state index in [1.807, 2.05) is 0 Å². The largest absolute Gasteiger partial charge is 0.449 e. The van der Waals surface area contributed by atoms with Gasteiger partial charge >= 0.3 is 0 Å². The third-order valence-corrected chi connectivity index (χ3v) is 8.20. The molecule has 0 saturated heterocycles. The lowest BCUT2D eigenvalue weighted by Crippen LogP contribution is -2.38. The van der Waals surface area contributed by atoms with Gasteiger partial charge in [-0.3, -0.25) is 0 Å². The van der Waals surface area contributed by atoms with Gasteiger partial charge in [-0.1, -0.05) is 55.2 Å². The first kappa shape index (κ1) is 17.4. The average Bonchev–Trinajstić information content (AvgIpc) is 2.64. The Hall–Kier alpha value is -2.65. The highest BCUT2D eigenvalue weighted by molar-refractivity contribution is 6.88. The number of pyridine rings is 1. The van der Waals surface area contributed by atoms with Crippen molar-refractivity contribution < 1.29 is 9.30 Å². The SMILES string of the molecule is Cc1cc2cccc3c2c(c1C)-c1c(c2ccc([Si](C)(C)C)cc2c[n+]1C)O3. The molecule has 5 rings (SSSR count). The Kier molecular flexibility index (Phi) is 3.54. The minimum Gasteiger partial charge on any atom is -0.449 e. The fraction of sp³-hybridized carbons (Fsp3) is 0.240. The number of benzene rings is 3. The monoisotopic (exact) mass is 384 g/mol. The van der Waals surface area contributed by atoms with Gasteiger partial charge in [0.25, 0.3) is 5.69 Å². The number of ether oxygens (including phenoxy) is 1. The number of fused-ring (bicyclic) bond motifs is 4. The Morgan fingerprint density at radius 2 is 1.71 bits per heavy atom. The molecule has 0 fully saturated rings. The number of nitrogens with zero attached hydrogens (tertiary/aromatic N) is 1. The summed E-state index contributed by atoms with van der Waals surface area (Å²) >= 11 is 0. The number of aryl methyl sites for hydroxylation is 2. The van der Waals surface area contributed by atoms with Gasteiger partial charge in [-0.25, -0.2) is 0 Å². The van der Waals surface area contributed by atoms with Crippen LogP contribution in [0.3, 0.4) is 0 Å². The van der Waals surface area contributed by atoms with Crippen molar-refractivity contribution in [3.05, 3.63) is 59.8 Å². The highest BCUT2D eigenvalue weighted by Crippen LogP contribution is 2.49. The minimum atomic E-state index is -1.37. The molecule has 3 heteroatoms. The molecule has 0 amide bonds. The Balaban J connectivity index is 1.92. The zero-order valence-corrected chi connectivity index (χ0v) is 18.5. The van der Waals surface area contributed by atoms with Gasteiger partial charge < -0.3 is 4.74 Å². The molecule has 1 aliphatic rings. The Labute approximate surface area is 167 Å². The number of aromatic nitrogens is 1. The predicted octanol–water partition coefficient (Wildman–Crippen LogP) is 5.75. The maximum absolute atomic E-state index is 6.55. The van der Waals surface area contributed by atoms with Crippen molar-refractivity contribution in [1.29, 1.82) is 0 Å². The molecule has 1 aromatic heterocycles. The van der Waals surface area contributed by atoms with E-state index in [4.69, 9.17) is 4.74 Å². The van der Waals surface area contributed by atoms with Crippen LogP contribution < -0.4 is 14.5 Å². The summed E-state index contributed by atoms with van der Waals surface area (Å²) in [5, 5.41) is 6.40. The van der Waals surface area contributed by atoms with E-state index in [1.54, 1.807) is 0 Å². The lowest BCUT2D eigenvalue weighted by molar-refractivity contribution is -0.659. The summed E-state index contributed by atoms with van der Waals surface area (Å²) in [5.74, 6) is 1.95. The number of hydrogen-bond acceptors (Lipinski definition) is 1. The molecule has 0 atom stereocenters. The number of rotatable bonds is 1. The first-order valence-corrected chi connectivity index (χ1v) is 13.4. The van der Waals surface area contributed by atoms with E-state index in [0.29, 0.717) is 0 Å². The van der Waals surface area contributed by atoms with Crippen LogP contribution in [0.1, 0.15) is 11.1 Å². The van der Waals surface area contributed by atoms with Crippen molar-refractivity contribution in [3.63, 3.8) is 0 Å². The molecule has 3 aromatic carbocycles. The summed E-state index contributed by atoms with van der Waals surface area (Å²) in [6.07, 6.45) is 2.27. The second kappa shape index (κ2) is 5.68. The van der Waals surface area contributed by atoms with Gasteiger partial charge in [-0.15, -0.1) is 0 Å². The predicted molar refractivity (Wildman–Crippen MR) is 121 cm³/mol. The molecule has 28 heavy (non-hydrogen) atoms. The second-order valence-electron chi connectivity index (χ2n) is 9.12. The third kappa shape index (κ3) is 2.36. The normalized spacial score (nSPS) is 12.9. The molecule has 1 aliphatic heterocycles. The smallest absolute Gasteiger partial charge is 0.257 e. The second-order valence-corrected chi connectivity index (χ2v) is 14.2. The Bertz CT molecular complexity index is 1300. The van der Waals surface area contributed by atoms with Crippen LogP contribution in [0.5, 0.6) is 11.5 Å². The molecule has 0 unspecified atom stereocenters. The summed E-state index contributed by atoms with van der Waals surface area (Å²) in [4.78, 5) is 0. The van der Waals surface area contributed by atoms with Crippen LogP contribution in [-0.4, -0.2) is 8.07 Å². The first-order valence-electron chi connectivity index (χ1n) is 9.94. The van der Waals surface area contributed by atoms with E-state index >= 15 is 0 Å². The van der Waals surface area contributed by atoms with Crippen molar-refractivity contribution >= 4 is 34.8 Å². The summed E-state index contributed by atoms with van der Waals surface area (Å²) in [6, 6.07) is 15.6. The van der Waals surface area contributed by atoms with Gasteiger partial charge in [0, 0.05) is 16.2 Å². The van der Waals surface area contributed by atoms with E-state index in [-0.39, 0.29) is 0 Å². The first-order chi connectivity index (χ1) is 13.3. The molecular formula is C25H26NOSi+. The van der Waals surface area contributed by atoms with Crippen molar-refractivity contribution in [1.82, 2.24) is 0 Å². The molecule has 0 N–H and O–H groups in total. The summed E-state index contributed by atoms with van der Waals surface area (Å²) in [6.45, 7) is 11.6. The minimum absolute atomic E-state index is 0.963. The zero-order chi connectivity index (χ0) is 19.8. The topological polar surface area (TPSA) is 13.1 Å². The quantitative estimate of drug-likeness (QED) is 0.265. The van der Waals surface area contributed by atoms with Gasteiger partial charge in [-0.05, 0) is 42.5 Å². The van der Waals surface area contributed by atoms with E-state index in [0.717, 1.165) is 11.5 Å². The molecule has 0 saturated carbocycles. The highest BCUT2D eigenvalue weighted by Gasteiger charge is 2.32. The van der Waals surface area contributed by atoms with Crippen molar-refractivity contribution in [2.45, 2.75) is 33.5 Å². The highest BCUT2D eigenvalue weighted by atomic mass is 28.3. The van der Waals surface area contributed by atoms with Crippen molar-refractivity contribution in [2.75, 3.05) is 0 Å². The standard InChI is InChI=1S/C25H26NOSi/c1-15-12-17-8-7-9-21-23(17)22(16(15)2)24-25(27-21)20-11-10-19(28(4,5)6)13-18(20)14-26(24)3/h7-14H,1-6H3/q+1. The van der Waals surface area contributed by atoms with Gasteiger partial charge in [-0.2, -0.15) is 4.57 Å². The van der Waals surface area contributed by atoms with Crippen LogP contribution in [-0.2, 0) is 7.05 Å². The third-order valence-electron chi connectivity index (χ3n) is 6.16. The molecular weight excluding hydrogens is 358 g/mol. The molecule has 140 valence electrons. The van der Waals surface area contributed by atoms with Crippen molar-refractivity contribution in [3.8, 4) is 22.8 Å². The zero-order valence-electron chi connectivity index (χ0n) is 17.5. The maximum Gasteiger partial charge on any atom is 0.257 e. The van der Waals surface area contributed by atoms with Gasteiger partial charge in [0.05, 0.1) is 13.6 Å². The summed E-state index contributed by atoms with van der Waals surface area (Å²) in [5.41, 5.74) is 5.14. The van der Waals surface area contributed by atoms with Crippen LogP contribution in [0.15, 0.2) is 48.7 Å². The van der Waals surface area contributed by atoms with Crippen LogP contribution in [0.4, 0.5) is 0 Å². The van der Waals surface area contributed by atoms with Crippen LogP contribution in [0.25, 0.3) is 32.8 Å². The van der Waals surface area contributed by atoms with Gasteiger partial charge in [0.15, 0.2) is 6.20 Å². The molecule has 0 radical (unpaired) electrons. The number of hydrogen-bond donors (Lipinski definition) is 0. The average molecular weight is 385 g/mol. The van der Waals surface area contributed by atoms with Gasteiger partial charge in [0.2, 0.25) is 5.75 Å².